The van der Waals surface area contributed by atoms with Crippen molar-refractivity contribution in [2.24, 2.45) is 0 Å². The second-order valence-electron chi connectivity index (χ2n) is 15.7. The van der Waals surface area contributed by atoms with Gasteiger partial charge in [-0.1, -0.05) is 73.7 Å². The number of piperazine rings is 1. The molecule has 4 aromatic rings. The molecule has 304 valence electrons. The molecule has 12 nitrogen and oxygen atoms in total. The van der Waals surface area contributed by atoms with E-state index in [1.807, 2.05) is 48.5 Å². The number of fused-ring (bicyclic) bond motifs is 1. The van der Waals surface area contributed by atoms with Gasteiger partial charge in [0.1, 0.15) is 18.4 Å². The van der Waals surface area contributed by atoms with E-state index in [-0.39, 0.29) is 18.7 Å². The molecule has 4 heterocycles. The third kappa shape index (κ3) is 8.60. The Hall–Kier alpha value is -5.60. The quantitative estimate of drug-likeness (QED) is 0.110. The molecule has 0 radical (unpaired) electrons. The minimum atomic E-state index is -1.51. The number of benzene rings is 4. The van der Waals surface area contributed by atoms with E-state index in [0.717, 1.165) is 104 Å². The molecule has 8 rings (SSSR count). The van der Waals surface area contributed by atoms with Gasteiger partial charge in [-0.15, -0.1) is 0 Å². The number of nitrogens with zero attached hydrogens (tertiary/aromatic N) is 4. The molecule has 0 bridgehead atoms. The smallest absolute Gasteiger partial charge is 0.488 e. The number of ether oxygens (including phenoxy) is 1. The summed E-state index contributed by atoms with van der Waals surface area (Å²) in [5.41, 5.74) is 7.49. The summed E-state index contributed by atoms with van der Waals surface area (Å²) in [5, 5.41) is 21.6. The molecule has 4 aliphatic heterocycles. The lowest BCUT2D eigenvalue weighted by Gasteiger charge is -2.43. The van der Waals surface area contributed by atoms with Crippen molar-refractivity contribution in [3.05, 3.63) is 125 Å². The fourth-order valence-electron chi connectivity index (χ4n) is 9.02. The van der Waals surface area contributed by atoms with E-state index in [2.05, 4.69) is 51.2 Å². The Labute approximate surface area is 345 Å². The lowest BCUT2D eigenvalue weighted by Crippen LogP contribution is -2.54. The summed E-state index contributed by atoms with van der Waals surface area (Å²) in [7, 11) is -1.51. The molecule has 4 amide bonds. The predicted molar refractivity (Wildman–Crippen MR) is 227 cm³/mol. The Morgan fingerprint density at radius 1 is 0.746 bits per heavy atom. The predicted octanol–water partition coefficient (Wildman–Crippen LogP) is 3.80. The minimum absolute atomic E-state index is 0.0949. The van der Waals surface area contributed by atoms with Crippen LogP contribution in [0.2, 0.25) is 0 Å². The highest BCUT2D eigenvalue weighted by atomic mass is 16.5. The average Bonchev–Trinajstić information content (AvgIpc) is 3.51. The van der Waals surface area contributed by atoms with Crippen molar-refractivity contribution in [2.75, 3.05) is 57.3 Å². The number of anilines is 1. The Kier molecular flexibility index (Phi) is 12.1. The van der Waals surface area contributed by atoms with Gasteiger partial charge in [0.2, 0.25) is 11.8 Å². The average molecular weight is 796 g/mol. The highest BCUT2D eigenvalue weighted by molar-refractivity contribution is 6.58. The van der Waals surface area contributed by atoms with Gasteiger partial charge in [0.25, 0.3) is 11.8 Å². The molecular weight excluding hydrogens is 745 g/mol. The molecule has 3 saturated heterocycles. The maximum atomic E-state index is 13.4. The van der Waals surface area contributed by atoms with Gasteiger partial charge in [-0.3, -0.25) is 39.2 Å². The van der Waals surface area contributed by atoms with Gasteiger partial charge in [-0.2, -0.15) is 0 Å². The summed E-state index contributed by atoms with van der Waals surface area (Å²) in [6.45, 7) is 9.08. The van der Waals surface area contributed by atoms with Crippen LogP contribution in [-0.4, -0.2) is 120 Å². The third-order valence-corrected chi connectivity index (χ3v) is 12.3. The number of allylic oxidation sites excluding steroid dienone is 1. The van der Waals surface area contributed by atoms with Crippen molar-refractivity contribution in [2.45, 2.75) is 51.1 Å². The zero-order valence-corrected chi connectivity index (χ0v) is 33.4. The first-order valence-corrected chi connectivity index (χ1v) is 20.7. The van der Waals surface area contributed by atoms with Crippen molar-refractivity contribution >= 4 is 53.0 Å². The van der Waals surface area contributed by atoms with Crippen LogP contribution in [0.5, 0.6) is 5.75 Å². The highest BCUT2D eigenvalue weighted by Crippen LogP contribution is 2.35. The van der Waals surface area contributed by atoms with E-state index in [0.29, 0.717) is 29.2 Å². The Bertz CT molecular complexity index is 2210. The first kappa shape index (κ1) is 40.2. The molecule has 4 aromatic carbocycles. The number of amides is 4. The zero-order chi connectivity index (χ0) is 41.0. The number of rotatable bonds is 12. The van der Waals surface area contributed by atoms with Gasteiger partial charge < -0.3 is 19.7 Å². The third-order valence-electron chi connectivity index (χ3n) is 12.3. The summed E-state index contributed by atoms with van der Waals surface area (Å²) in [6, 6.07) is 30.9. The highest BCUT2D eigenvalue weighted by Gasteiger charge is 2.45. The SMILES string of the molecule is CC/C(=C(\c1ccc(OCCN2CCC(N3CCN(c4ccc5c(c4)C(=O)N(C4CCC(=O)NC4=O)C5=O)CC3)CC2)cc1)c1ccc(B(O)O)cc1)c1ccccc1. The van der Waals surface area contributed by atoms with Crippen LogP contribution >= 0.6 is 0 Å². The topological polar surface area (TPSA) is 143 Å². The lowest BCUT2D eigenvalue weighted by atomic mass is 9.79. The number of likely N-dealkylation sites (tertiary alicyclic amines) is 1. The maximum Gasteiger partial charge on any atom is 0.488 e. The fourth-order valence-corrected chi connectivity index (χ4v) is 9.02. The van der Waals surface area contributed by atoms with Gasteiger partial charge in [0.05, 0.1) is 11.1 Å². The molecule has 0 spiro atoms. The molecule has 0 aliphatic carbocycles. The van der Waals surface area contributed by atoms with E-state index < -0.39 is 30.9 Å². The van der Waals surface area contributed by atoms with Crippen LogP contribution in [-0.2, 0) is 9.59 Å². The summed E-state index contributed by atoms with van der Waals surface area (Å²) < 4.78 is 6.24. The number of carbonyl (C=O) groups excluding carboxylic acids is 4. The molecule has 3 fully saturated rings. The zero-order valence-electron chi connectivity index (χ0n) is 33.4. The number of hydrogen-bond donors (Lipinski definition) is 3. The first-order valence-electron chi connectivity index (χ1n) is 20.7. The summed E-state index contributed by atoms with van der Waals surface area (Å²) in [4.78, 5) is 58.9. The van der Waals surface area contributed by atoms with E-state index in [1.165, 1.54) is 5.57 Å². The van der Waals surface area contributed by atoms with Gasteiger partial charge in [-0.05, 0) is 102 Å². The fraction of sp³-hybridized carbons (Fsp3) is 0.348. The second kappa shape index (κ2) is 17.7. The Morgan fingerprint density at radius 2 is 1.41 bits per heavy atom. The Morgan fingerprint density at radius 3 is 2.05 bits per heavy atom. The van der Waals surface area contributed by atoms with Gasteiger partial charge in [0.15, 0.2) is 0 Å². The number of imide groups is 2. The van der Waals surface area contributed by atoms with Crippen LogP contribution in [0, 0.1) is 0 Å². The number of piperidine rings is 2. The van der Waals surface area contributed by atoms with Crippen molar-refractivity contribution in [3.63, 3.8) is 0 Å². The maximum absolute atomic E-state index is 13.4. The molecule has 3 N–H and O–H groups in total. The van der Waals surface area contributed by atoms with Crippen molar-refractivity contribution in [1.82, 2.24) is 20.0 Å². The molecule has 0 saturated carbocycles. The molecule has 1 unspecified atom stereocenters. The minimum Gasteiger partial charge on any atom is -0.492 e. The van der Waals surface area contributed by atoms with Crippen LogP contribution in [0.4, 0.5) is 5.69 Å². The van der Waals surface area contributed by atoms with Crippen molar-refractivity contribution < 1.29 is 34.0 Å². The van der Waals surface area contributed by atoms with E-state index >= 15 is 0 Å². The van der Waals surface area contributed by atoms with Crippen LogP contribution in [0.3, 0.4) is 0 Å². The number of nitrogens with one attached hydrogen (secondary N) is 1. The standard InChI is InChI=1S/C46H50BN5O7/c1-2-38(31-6-4-3-5-7-31)43(32-8-12-34(13-9-32)47(57)58)33-10-15-37(16-11-33)59-29-28-49-22-20-35(21-23-49)50-24-26-51(27-25-50)36-14-17-39-40(30-36)46(56)52(45(39)55)41-18-19-42(53)48-44(41)54/h3-17,30,35,41,57-58H,2,18-29H2,1H3,(H,48,53,54)/b43-38+. The van der Waals surface area contributed by atoms with Crippen LogP contribution < -0.4 is 20.4 Å². The second-order valence-corrected chi connectivity index (χ2v) is 15.7. The summed E-state index contributed by atoms with van der Waals surface area (Å²) >= 11 is 0. The molecular formula is C46H50BN5O7. The van der Waals surface area contributed by atoms with Crippen molar-refractivity contribution in [1.29, 1.82) is 0 Å². The molecule has 4 aliphatic rings. The van der Waals surface area contributed by atoms with Gasteiger partial charge >= 0.3 is 7.12 Å². The van der Waals surface area contributed by atoms with E-state index in [1.54, 1.807) is 24.3 Å². The van der Waals surface area contributed by atoms with Crippen LogP contribution in [0.25, 0.3) is 11.1 Å². The number of hydrogen-bond acceptors (Lipinski definition) is 10. The molecule has 1 atom stereocenters. The summed E-state index contributed by atoms with van der Waals surface area (Å²) in [6.07, 6.45) is 3.25. The monoisotopic (exact) mass is 795 g/mol. The first-order chi connectivity index (χ1) is 28.7. The molecule has 0 aromatic heterocycles. The van der Waals surface area contributed by atoms with E-state index in [4.69, 9.17) is 4.74 Å². The normalized spacial score (nSPS) is 19.7. The lowest BCUT2D eigenvalue weighted by molar-refractivity contribution is -0.136. The van der Waals surface area contributed by atoms with Gasteiger partial charge in [0, 0.05) is 50.9 Å². The molecule has 13 heteroatoms. The van der Waals surface area contributed by atoms with Crippen molar-refractivity contribution in [3.8, 4) is 5.75 Å². The Balaban J connectivity index is 0.815. The molecule has 59 heavy (non-hydrogen) atoms. The van der Waals surface area contributed by atoms with Gasteiger partial charge in [-0.25, -0.2) is 0 Å². The van der Waals surface area contributed by atoms with Crippen LogP contribution in [0.1, 0.15) is 76.4 Å². The summed E-state index contributed by atoms with van der Waals surface area (Å²) in [5.74, 6) is -1.13. The number of carbonyl (C=O) groups is 4. The van der Waals surface area contributed by atoms with E-state index in [9.17, 15) is 29.2 Å². The van der Waals surface area contributed by atoms with Crippen LogP contribution in [0.15, 0.2) is 97.1 Å². The largest absolute Gasteiger partial charge is 0.492 e.